The van der Waals surface area contributed by atoms with Crippen LogP contribution < -0.4 is 5.32 Å². The second kappa shape index (κ2) is 6.00. The fourth-order valence-corrected chi connectivity index (χ4v) is 1.45. The molecule has 0 amide bonds. The summed E-state index contributed by atoms with van der Waals surface area (Å²) in [6.45, 7) is 3.22. The Hall–Kier alpha value is -0.540. The van der Waals surface area contributed by atoms with E-state index in [0.717, 1.165) is 12.3 Å². The van der Waals surface area contributed by atoms with Crippen molar-refractivity contribution in [1.29, 1.82) is 0 Å². The van der Waals surface area contributed by atoms with Gasteiger partial charge in [0.1, 0.15) is 0 Å². The van der Waals surface area contributed by atoms with Crippen LogP contribution in [0.3, 0.4) is 0 Å². The van der Waals surface area contributed by atoms with Gasteiger partial charge in [-0.25, -0.2) is 0 Å². The van der Waals surface area contributed by atoms with E-state index in [9.17, 15) is 0 Å². The first-order chi connectivity index (χ1) is 6.34. The molecule has 0 aliphatic carbocycles. The number of aromatic nitrogens is 1. The first kappa shape index (κ1) is 10.5. The van der Waals surface area contributed by atoms with Crippen molar-refractivity contribution in [2.45, 2.75) is 13.0 Å². The number of thioether (sulfide) groups is 1. The molecule has 72 valence electrons. The minimum Gasteiger partial charge on any atom is -0.309 e. The Labute approximate surface area is 84.1 Å². The molecule has 2 nitrogen and oxygen atoms in total. The van der Waals surface area contributed by atoms with Crippen LogP contribution in [0.1, 0.15) is 18.5 Å². The molecule has 0 unspecified atom stereocenters. The van der Waals surface area contributed by atoms with E-state index in [1.807, 2.05) is 24.0 Å². The highest BCUT2D eigenvalue weighted by molar-refractivity contribution is 7.98. The van der Waals surface area contributed by atoms with Crippen molar-refractivity contribution < 1.29 is 0 Å². The summed E-state index contributed by atoms with van der Waals surface area (Å²) in [4.78, 5) is 4.09. The van der Waals surface area contributed by atoms with Crippen LogP contribution in [0.25, 0.3) is 0 Å². The monoisotopic (exact) mass is 196 g/mol. The van der Waals surface area contributed by atoms with Crippen LogP contribution in [-0.2, 0) is 0 Å². The van der Waals surface area contributed by atoms with Gasteiger partial charge in [-0.05, 0) is 24.8 Å². The summed E-state index contributed by atoms with van der Waals surface area (Å²) in [5.74, 6) is 1.16. The van der Waals surface area contributed by atoms with Gasteiger partial charge in [0.05, 0.1) is 0 Å². The van der Waals surface area contributed by atoms with Gasteiger partial charge in [-0.2, -0.15) is 11.8 Å². The fourth-order valence-electron chi connectivity index (χ4n) is 1.13. The van der Waals surface area contributed by atoms with Gasteiger partial charge in [0, 0.05) is 30.7 Å². The molecule has 0 bridgehead atoms. The number of rotatable bonds is 5. The summed E-state index contributed by atoms with van der Waals surface area (Å²) in [5, 5.41) is 3.44. The number of pyridine rings is 1. The van der Waals surface area contributed by atoms with Gasteiger partial charge in [0.2, 0.25) is 0 Å². The SMILES string of the molecule is CSCCN[C@H](C)c1cccnc1. The van der Waals surface area contributed by atoms with Crippen LogP contribution >= 0.6 is 11.8 Å². The first-order valence-electron chi connectivity index (χ1n) is 4.47. The molecule has 1 N–H and O–H groups in total. The van der Waals surface area contributed by atoms with Crippen LogP contribution in [-0.4, -0.2) is 23.5 Å². The van der Waals surface area contributed by atoms with Gasteiger partial charge < -0.3 is 5.32 Å². The Balaban J connectivity index is 2.35. The highest BCUT2D eigenvalue weighted by Crippen LogP contribution is 2.09. The third-order valence-corrected chi connectivity index (χ3v) is 2.55. The molecule has 0 fully saturated rings. The number of hydrogen-bond acceptors (Lipinski definition) is 3. The average Bonchev–Trinajstić information content (AvgIpc) is 2.19. The first-order valence-corrected chi connectivity index (χ1v) is 5.86. The van der Waals surface area contributed by atoms with E-state index in [-0.39, 0.29) is 0 Å². The minimum absolute atomic E-state index is 0.404. The maximum absolute atomic E-state index is 4.09. The van der Waals surface area contributed by atoms with E-state index in [1.54, 1.807) is 6.20 Å². The topological polar surface area (TPSA) is 24.9 Å². The molecule has 0 spiro atoms. The lowest BCUT2D eigenvalue weighted by Crippen LogP contribution is -2.21. The van der Waals surface area contributed by atoms with Crippen molar-refractivity contribution in [2.24, 2.45) is 0 Å². The van der Waals surface area contributed by atoms with Crippen LogP contribution in [0.5, 0.6) is 0 Å². The van der Waals surface area contributed by atoms with Gasteiger partial charge in [0.25, 0.3) is 0 Å². The molecule has 1 rings (SSSR count). The number of nitrogens with zero attached hydrogens (tertiary/aromatic N) is 1. The molecule has 1 atom stereocenters. The zero-order valence-electron chi connectivity index (χ0n) is 8.16. The smallest absolute Gasteiger partial charge is 0.0315 e. The Morgan fingerprint density at radius 3 is 3.08 bits per heavy atom. The van der Waals surface area contributed by atoms with Crippen LogP contribution in [0.15, 0.2) is 24.5 Å². The van der Waals surface area contributed by atoms with Crippen molar-refractivity contribution in [3.05, 3.63) is 30.1 Å². The standard InChI is InChI=1S/C10H16N2S/c1-9(12-6-7-13-2)10-4-3-5-11-8-10/h3-5,8-9,12H,6-7H2,1-2H3/t9-/m1/s1. The van der Waals surface area contributed by atoms with Crippen molar-refractivity contribution in [3.8, 4) is 0 Å². The summed E-state index contributed by atoms with van der Waals surface area (Å²) in [7, 11) is 0. The maximum Gasteiger partial charge on any atom is 0.0315 e. The number of hydrogen-bond donors (Lipinski definition) is 1. The van der Waals surface area contributed by atoms with Gasteiger partial charge in [0.15, 0.2) is 0 Å². The highest BCUT2D eigenvalue weighted by atomic mass is 32.2. The van der Waals surface area contributed by atoms with Crippen LogP contribution in [0, 0.1) is 0 Å². The molecular weight excluding hydrogens is 180 g/mol. The number of nitrogens with one attached hydrogen (secondary N) is 1. The Morgan fingerprint density at radius 1 is 1.62 bits per heavy atom. The Kier molecular flexibility index (Phi) is 4.86. The molecule has 3 heteroatoms. The zero-order chi connectivity index (χ0) is 9.52. The molecular formula is C10H16N2S. The van der Waals surface area contributed by atoms with Crippen molar-refractivity contribution >= 4 is 11.8 Å². The van der Waals surface area contributed by atoms with Gasteiger partial charge >= 0.3 is 0 Å². The molecule has 1 heterocycles. The lowest BCUT2D eigenvalue weighted by atomic mass is 10.1. The molecule has 1 aromatic heterocycles. The third-order valence-electron chi connectivity index (χ3n) is 1.94. The normalized spacial score (nSPS) is 12.8. The van der Waals surface area contributed by atoms with E-state index >= 15 is 0 Å². The van der Waals surface area contributed by atoms with Crippen LogP contribution in [0.2, 0.25) is 0 Å². The van der Waals surface area contributed by atoms with E-state index in [2.05, 4.69) is 29.5 Å². The lowest BCUT2D eigenvalue weighted by Gasteiger charge is -2.12. The van der Waals surface area contributed by atoms with Crippen molar-refractivity contribution in [1.82, 2.24) is 10.3 Å². The quantitative estimate of drug-likeness (QED) is 0.730. The lowest BCUT2D eigenvalue weighted by molar-refractivity contribution is 0.599. The van der Waals surface area contributed by atoms with Gasteiger partial charge in [-0.3, -0.25) is 4.98 Å². The largest absolute Gasteiger partial charge is 0.309 e. The van der Waals surface area contributed by atoms with Gasteiger partial charge in [-0.15, -0.1) is 0 Å². The van der Waals surface area contributed by atoms with Crippen LogP contribution in [0.4, 0.5) is 0 Å². The summed E-state index contributed by atoms with van der Waals surface area (Å²) in [6.07, 6.45) is 5.84. The molecule has 0 radical (unpaired) electrons. The fraction of sp³-hybridized carbons (Fsp3) is 0.500. The van der Waals surface area contributed by atoms with E-state index in [1.165, 1.54) is 5.56 Å². The second-order valence-electron chi connectivity index (χ2n) is 2.95. The van der Waals surface area contributed by atoms with Gasteiger partial charge in [-0.1, -0.05) is 6.07 Å². The summed E-state index contributed by atoms with van der Waals surface area (Å²) in [5.41, 5.74) is 1.25. The molecule has 1 aromatic rings. The Bertz CT molecular complexity index is 226. The highest BCUT2D eigenvalue weighted by Gasteiger charge is 2.02. The molecule has 0 saturated carbocycles. The molecule has 13 heavy (non-hydrogen) atoms. The minimum atomic E-state index is 0.404. The Morgan fingerprint density at radius 2 is 2.46 bits per heavy atom. The maximum atomic E-state index is 4.09. The van der Waals surface area contributed by atoms with E-state index in [4.69, 9.17) is 0 Å². The zero-order valence-corrected chi connectivity index (χ0v) is 8.97. The molecule has 0 aromatic carbocycles. The molecule has 0 aliphatic rings. The average molecular weight is 196 g/mol. The van der Waals surface area contributed by atoms with E-state index in [0.29, 0.717) is 6.04 Å². The summed E-state index contributed by atoms with van der Waals surface area (Å²) < 4.78 is 0. The van der Waals surface area contributed by atoms with E-state index < -0.39 is 0 Å². The summed E-state index contributed by atoms with van der Waals surface area (Å²) in [6, 6.07) is 4.48. The van der Waals surface area contributed by atoms with Crippen molar-refractivity contribution in [3.63, 3.8) is 0 Å². The predicted octanol–water partition coefficient (Wildman–Crippen LogP) is 2.10. The second-order valence-corrected chi connectivity index (χ2v) is 3.94. The predicted molar refractivity (Wildman–Crippen MR) is 59.0 cm³/mol. The molecule has 0 aliphatic heterocycles. The van der Waals surface area contributed by atoms with Crippen molar-refractivity contribution in [2.75, 3.05) is 18.6 Å². The molecule has 0 saturated heterocycles. The summed E-state index contributed by atoms with van der Waals surface area (Å²) >= 11 is 1.86. The third kappa shape index (κ3) is 3.79.